The van der Waals surface area contributed by atoms with Gasteiger partial charge in [-0.3, -0.25) is 19.2 Å². The minimum Gasteiger partial charge on any atom is -0.480 e. The molecule has 0 rings (SSSR count). The maximum absolute atomic E-state index is 12.2. The first-order valence-corrected chi connectivity index (χ1v) is 8.34. The molecule has 0 aromatic carbocycles. The Hall–Kier alpha value is -2.24. The number of nitrogens with one attached hydrogen (secondary N) is 3. The highest BCUT2D eigenvalue weighted by molar-refractivity contribution is 5.92. The molecule has 0 fully saturated rings. The van der Waals surface area contributed by atoms with Gasteiger partial charge in [-0.15, -0.1) is 0 Å². The highest BCUT2D eigenvalue weighted by Crippen LogP contribution is 2.02. The number of hydrogen-bond donors (Lipinski definition) is 7. The SMILES string of the molecule is CC(NC(=O)CNC(=O)C(CCCCN)NC(=O)C(N)C(C)O)C(=O)O. The van der Waals surface area contributed by atoms with Crippen molar-refractivity contribution in [3.8, 4) is 0 Å². The van der Waals surface area contributed by atoms with Gasteiger partial charge in [0.05, 0.1) is 12.6 Å². The highest BCUT2D eigenvalue weighted by atomic mass is 16.4. The van der Waals surface area contributed by atoms with Crippen molar-refractivity contribution in [1.82, 2.24) is 16.0 Å². The second-order valence-electron chi connectivity index (χ2n) is 5.96. The smallest absolute Gasteiger partial charge is 0.325 e. The van der Waals surface area contributed by atoms with E-state index in [9.17, 15) is 24.3 Å². The molecule has 150 valence electrons. The van der Waals surface area contributed by atoms with Crippen LogP contribution in [0.15, 0.2) is 0 Å². The van der Waals surface area contributed by atoms with Gasteiger partial charge >= 0.3 is 5.97 Å². The molecule has 11 heteroatoms. The highest BCUT2D eigenvalue weighted by Gasteiger charge is 2.26. The lowest BCUT2D eigenvalue weighted by Gasteiger charge is -2.21. The zero-order chi connectivity index (χ0) is 20.3. The van der Waals surface area contributed by atoms with Gasteiger partial charge in [0.2, 0.25) is 17.7 Å². The lowest BCUT2D eigenvalue weighted by Crippen LogP contribution is -2.55. The van der Waals surface area contributed by atoms with E-state index in [4.69, 9.17) is 16.6 Å². The van der Waals surface area contributed by atoms with Gasteiger partial charge < -0.3 is 37.6 Å². The molecule has 0 aliphatic rings. The van der Waals surface area contributed by atoms with Crippen molar-refractivity contribution in [1.29, 1.82) is 0 Å². The van der Waals surface area contributed by atoms with Crippen molar-refractivity contribution in [3.05, 3.63) is 0 Å². The van der Waals surface area contributed by atoms with E-state index in [-0.39, 0.29) is 6.42 Å². The van der Waals surface area contributed by atoms with E-state index in [1.165, 1.54) is 13.8 Å². The number of nitrogens with two attached hydrogens (primary N) is 2. The van der Waals surface area contributed by atoms with Gasteiger partial charge in [-0.1, -0.05) is 0 Å². The van der Waals surface area contributed by atoms with Crippen LogP contribution in [-0.4, -0.2) is 71.2 Å². The van der Waals surface area contributed by atoms with Gasteiger partial charge in [0.25, 0.3) is 0 Å². The first-order chi connectivity index (χ1) is 12.1. The van der Waals surface area contributed by atoms with E-state index in [0.29, 0.717) is 19.4 Å². The number of carboxylic acids is 1. The topological polar surface area (TPSA) is 197 Å². The summed E-state index contributed by atoms with van der Waals surface area (Å²) >= 11 is 0. The summed E-state index contributed by atoms with van der Waals surface area (Å²) in [5.41, 5.74) is 10.9. The average molecular weight is 375 g/mol. The van der Waals surface area contributed by atoms with E-state index in [1.54, 1.807) is 0 Å². The van der Waals surface area contributed by atoms with Crippen LogP contribution in [0.25, 0.3) is 0 Å². The third-order valence-electron chi connectivity index (χ3n) is 3.57. The van der Waals surface area contributed by atoms with E-state index in [1.807, 2.05) is 0 Å². The van der Waals surface area contributed by atoms with Crippen LogP contribution in [0, 0.1) is 0 Å². The molecule has 11 nitrogen and oxygen atoms in total. The Morgan fingerprint density at radius 2 is 1.65 bits per heavy atom. The van der Waals surface area contributed by atoms with E-state index in [0.717, 1.165) is 0 Å². The average Bonchev–Trinajstić information content (AvgIpc) is 2.57. The van der Waals surface area contributed by atoms with Crippen LogP contribution in [0.1, 0.15) is 33.1 Å². The molecule has 4 atom stereocenters. The van der Waals surface area contributed by atoms with Crippen LogP contribution >= 0.6 is 0 Å². The molecule has 3 amide bonds. The summed E-state index contributed by atoms with van der Waals surface area (Å²) in [5.74, 6) is -3.20. The molecule has 0 aromatic rings. The van der Waals surface area contributed by atoms with Gasteiger partial charge in [-0.25, -0.2) is 0 Å². The first kappa shape index (κ1) is 23.8. The maximum Gasteiger partial charge on any atom is 0.325 e. The van der Waals surface area contributed by atoms with Gasteiger partial charge in [0, 0.05) is 0 Å². The van der Waals surface area contributed by atoms with Crippen LogP contribution in [0.5, 0.6) is 0 Å². The third kappa shape index (κ3) is 9.30. The van der Waals surface area contributed by atoms with Gasteiger partial charge in [-0.2, -0.15) is 0 Å². The Bertz CT molecular complexity index is 499. The third-order valence-corrected chi connectivity index (χ3v) is 3.57. The summed E-state index contributed by atoms with van der Waals surface area (Å²) in [6, 6.07) is -3.24. The summed E-state index contributed by atoms with van der Waals surface area (Å²) in [5, 5.41) is 25.0. The normalized spacial score (nSPS) is 15.3. The number of unbranched alkanes of at least 4 members (excludes halogenated alkanes) is 1. The molecule has 0 spiro atoms. The molecule has 0 saturated carbocycles. The second kappa shape index (κ2) is 12.2. The fourth-order valence-electron chi connectivity index (χ4n) is 1.89. The monoisotopic (exact) mass is 375 g/mol. The summed E-state index contributed by atoms with van der Waals surface area (Å²) in [4.78, 5) is 46.5. The Morgan fingerprint density at radius 1 is 1.04 bits per heavy atom. The summed E-state index contributed by atoms with van der Waals surface area (Å²) in [6.07, 6.45) is 0.375. The number of hydrogen-bond acceptors (Lipinski definition) is 7. The summed E-state index contributed by atoms with van der Waals surface area (Å²) in [6.45, 7) is 2.62. The molecular weight excluding hydrogens is 346 g/mol. The van der Waals surface area contributed by atoms with Crippen LogP contribution in [0.3, 0.4) is 0 Å². The quantitative estimate of drug-likeness (QED) is 0.175. The predicted octanol–water partition coefficient (Wildman–Crippen LogP) is -2.99. The van der Waals surface area contributed by atoms with Crippen LogP contribution in [0.2, 0.25) is 0 Å². The van der Waals surface area contributed by atoms with Crippen molar-refractivity contribution in [2.75, 3.05) is 13.1 Å². The van der Waals surface area contributed by atoms with Gasteiger partial charge in [0.15, 0.2) is 0 Å². The zero-order valence-corrected chi connectivity index (χ0v) is 15.0. The fourth-order valence-corrected chi connectivity index (χ4v) is 1.89. The lowest BCUT2D eigenvalue weighted by atomic mass is 10.1. The minimum atomic E-state index is -1.20. The van der Waals surface area contributed by atoms with Crippen LogP contribution in [0.4, 0.5) is 0 Å². The number of rotatable bonds is 12. The van der Waals surface area contributed by atoms with E-state index >= 15 is 0 Å². The zero-order valence-electron chi connectivity index (χ0n) is 15.0. The van der Waals surface area contributed by atoms with Gasteiger partial charge in [-0.05, 0) is 39.7 Å². The predicted molar refractivity (Wildman–Crippen MR) is 92.7 cm³/mol. The molecule has 0 radical (unpaired) electrons. The largest absolute Gasteiger partial charge is 0.480 e. The van der Waals surface area contributed by atoms with E-state index < -0.39 is 54.5 Å². The molecule has 0 aromatic heterocycles. The number of carbonyl (C=O) groups excluding carboxylic acids is 3. The fraction of sp³-hybridized carbons (Fsp3) is 0.733. The lowest BCUT2D eigenvalue weighted by molar-refractivity contribution is -0.141. The number of aliphatic hydroxyl groups excluding tert-OH is 1. The van der Waals surface area contributed by atoms with Crippen molar-refractivity contribution in [3.63, 3.8) is 0 Å². The van der Waals surface area contributed by atoms with Crippen LogP contribution in [-0.2, 0) is 19.2 Å². The molecule has 0 bridgehead atoms. The Kier molecular flexibility index (Phi) is 11.1. The molecule has 0 saturated heterocycles. The van der Waals surface area contributed by atoms with Crippen molar-refractivity contribution in [2.24, 2.45) is 11.5 Å². The number of carboxylic acid groups (broad SMARTS) is 1. The Morgan fingerprint density at radius 3 is 2.15 bits per heavy atom. The number of aliphatic hydroxyl groups is 1. The Labute approximate surface area is 151 Å². The van der Waals surface area contributed by atoms with Crippen molar-refractivity contribution in [2.45, 2.75) is 57.3 Å². The molecule has 26 heavy (non-hydrogen) atoms. The minimum absolute atomic E-state index is 0.272. The van der Waals surface area contributed by atoms with Crippen molar-refractivity contribution >= 4 is 23.7 Å². The van der Waals surface area contributed by atoms with Gasteiger partial charge in [0.1, 0.15) is 18.1 Å². The number of amides is 3. The molecule has 9 N–H and O–H groups in total. The molecular formula is C15H29N5O6. The maximum atomic E-state index is 12.2. The Balaban J connectivity index is 4.70. The number of carbonyl (C=O) groups is 4. The standard InChI is InChI=1S/C15H29N5O6/c1-8(15(25)26)19-11(22)7-18-13(23)10(5-3-4-6-16)20-14(24)12(17)9(2)21/h8-10,12,21H,3-7,16-17H2,1-2H3,(H,18,23)(H,19,22)(H,20,24)(H,25,26). The van der Waals surface area contributed by atoms with Crippen molar-refractivity contribution < 1.29 is 29.4 Å². The summed E-state index contributed by atoms with van der Waals surface area (Å²) in [7, 11) is 0. The number of aliphatic carboxylic acids is 1. The van der Waals surface area contributed by atoms with Crippen LogP contribution < -0.4 is 27.4 Å². The second-order valence-corrected chi connectivity index (χ2v) is 5.96. The summed E-state index contributed by atoms with van der Waals surface area (Å²) < 4.78 is 0. The first-order valence-electron chi connectivity index (χ1n) is 8.34. The molecule has 0 aliphatic heterocycles. The molecule has 0 heterocycles. The van der Waals surface area contributed by atoms with E-state index in [2.05, 4.69) is 16.0 Å². The molecule has 0 aliphatic carbocycles. The molecule has 4 unspecified atom stereocenters.